The third-order valence-corrected chi connectivity index (χ3v) is 6.88. The molecular formula is C11H21NO3S. The monoisotopic (exact) mass is 247 g/mol. The summed E-state index contributed by atoms with van der Waals surface area (Å²) in [5, 5.41) is -0.149. The zero-order valence-electron chi connectivity index (χ0n) is 10.1. The van der Waals surface area contributed by atoms with E-state index in [2.05, 4.69) is 11.8 Å². The van der Waals surface area contributed by atoms with E-state index in [1.54, 1.807) is 0 Å². The first kappa shape index (κ1) is 12.3. The van der Waals surface area contributed by atoms with Gasteiger partial charge in [-0.05, 0) is 39.4 Å². The smallest absolute Gasteiger partial charge is 0.163 e. The third kappa shape index (κ3) is 1.89. The molecular weight excluding hydrogens is 226 g/mol. The first-order valence-electron chi connectivity index (χ1n) is 6.03. The van der Waals surface area contributed by atoms with Gasteiger partial charge in [0.15, 0.2) is 9.84 Å². The standard InChI is InChI=1S/C11H21NO3S/c1-3-12-6-4-10(5-7-12)16(13,14)11(2)8-15-9-11/h10H,3-9H2,1-2H3. The largest absolute Gasteiger partial charge is 0.378 e. The fraction of sp³-hybridized carbons (Fsp3) is 1.00. The maximum absolute atomic E-state index is 12.4. The molecule has 2 fully saturated rings. The van der Waals surface area contributed by atoms with Crippen molar-refractivity contribution in [3.8, 4) is 0 Å². The molecule has 2 aliphatic heterocycles. The minimum absolute atomic E-state index is 0.149. The molecule has 0 aliphatic carbocycles. The predicted octanol–water partition coefficient (Wildman–Crippen LogP) is 0.674. The summed E-state index contributed by atoms with van der Waals surface area (Å²) in [7, 11) is -3.01. The fourth-order valence-corrected chi connectivity index (χ4v) is 4.62. The van der Waals surface area contributed by atoms with Gasteiger partial charge in [-0.25, -0.2) is 8.42 Å². The fourth-order valence-electron chi connectivity index (χ4n) is 2.49. The molecule has 0 N–H and O–H groups in total. The van der Waals surface area contributed by atoms with Gasteiger partial charge in [-0.1, -0.05) is 6.92 Å². The van der Waals surface area contributed by atoms with E-state index in [0.717, 1.165) is 32.5 Å². The second-order valence-electron chi connectivity index (χ2n) is 5.12. The summed E-state index contributed by atoms with van der Waals surface area (Å²) in [4.78, 5) is 2.31. The second kappa shape index (κ2) is 4.27. The highest BCUT2D eigenvalue weighted by Gasteiger charge is 2.50. The molecule has 0 bridgehead atoms. The quantitative estimate of drug-likeness (QED) is 0.735. The lowest BCUT2D eigenvalue weighted by molar-refractivity contribution is -0.00567. The summed E-state index contributed by atoms with van der Waals surface area (Å²) >= 11 is 0. The van der Waals surface area contributed by atoms with E-state index >= 15 is 0 Å². The summed E-state index contributed by atoms with van der Waals surface area (Å²) in [5.41, 5.74) is 0. The number of nitrogens with zero attached hydrogens (tertiary/aromatic N) is 1. The summed E-state index contributed by atoms with van der Waals surface area (Å²) < 4.78 is 29.2. The number of likely N-dealkylation sites (tertiary alicyclic amines) is 1. The molecule has 0 aromatic carbocycles. The van der Waals surface area contributed by atoms with Crippen LogP contribution in [0.25, 0.3) is 0 Å². The number of hydrogen-bond donors (Lipinski definition) is 0. The molecule has 16 heavy (non-hydrogen) atoms. The topological polar surface area (TPSA) is 46.6 Å². The van der Waals surface area contributed by atoms with Gasteiger partial charge in [0, 0.05) is 0 Å². The molecule has 0 unspecified atom stereocenters. The molecule has 94 valence electrons. The Bertz CT molecular complexity index is 340. The normalized spacial score (nSPS) is 27.6. The van der Waals surface area contributed by atoms with Crippen molar-refractivity contribution in [2.75, 3.05) is 32.8 Å². The molecule has 0 aromatic heterocycles. The van der Waals surface area contributed by atoms with E-state index in [1.807, 2.05) is 6.92 Å². The van der Waals surface area contributed by atoms with Gasteiger partial charge in [0.2, 0.25) is 0 Å². The SMILES string of the molecule is CCN1CCC(S(=O)(=O)C2(C)COC2)CC1. The Morgan fingerprint density at radius 2 is 1.88 bits per heavy atom. The Morgan fingerprint density at radius 3 is 2.25 bits per heavy atom. The highest BCUT2D eigenvalue weighted by Crippen LogP contribution is 2.33. The van der Waals surface area contributed by atoms with Gasteiger partial charge in [0.25, 0.3) is 0 Å². The summed E-state index contributed by atoms with van der Waals surface area (Å²) in [6, 6.07) is 0. The highest BCUT2D eigenvalue weighted by molar-refractivity contribution is 7.93. The first-order valence-corrected chi connectivity index (χ1v) is 7.58. The number of ether oxygens (including phenoxy) is 1. The average molecular weight is 247 g/mol. The van der Waals surface area contributed by atoms with Crippen LogP contribution in [0.3, 0.4) is 0 Å². The van der Waals surface area contributed by atoms with Crippen LogP contribution in [-0.2, 0) is 14.6 Å². The van der Waals surface area contributed by atoms with Crippen LogP contribution in [0.4, 0.5) is 0 Å². The van der Waals surface area contributed by atoms with Crippen molar-refractivity contribution in [1.82, 2.24) is 4.90 Å². The molecule has 0 saturated carbocycles. The summed E-state index contributed by atoms with van der Waals surface area (Å²) in [6.07, 6.45) is 1.57. The molecule has 0 radical (unpaired) electrons. The summed E-state index contributed by atoms with van der Waals surface area (Å²) in [5.74, 6) is 0. The Hall–Kier alpha value is -0.130. The maximum Gasteiger partial charge on any atom is 0.163 e. The molecule has 2 saturated heterocycles. The van der Waals surface area contributed by atoms with Crippen LogP contribution in [-0.4, -0.2) is 56.2 Å². The van der Waals surface area contributed by atoms with Gasteiger partial charge in [-0.2, -0.15) is 0 Å². The van der Waals surface area contributed by atoms with Crippen LogP contribution in [0.1, 0.15) is 26.7 Å². The zero-order chi connectivity index (χ0) is 11.8. The van der Waals surface area contributed by atoms with Crippen molar-refractivity contribution >= 4 is 9.84 Å². The molecule has 0 aromatic rings. The molecule has 0 spiro atoms. The predicted molar refractivity (Wildman–Crippen MR) is 63.3 cm³/mol. The van der Waals surface area contributed by atoms with Crippen LogP contribution < -0.4 is 0 Å². The molecule has 0 atom stereocenters. The molecule has 4 nitrogen and oxygen atoms in total. The lowest BCUT2D eigenvalue weighted by Gasteiger charge is -2.42. The van der Waals surface area contributed by atoms with Gasteiger partial charge in [-0.3, -0.25) is 0 Å². The highest BCUT2D eigenvalue weighted by atomic mass is 32.2. The Labute approximate surface area is 97.9 Å². The number of rotatable bonds is 3. The minimum atomic E-state index is -3.01. The number of hydrogen-bond acceptors (Lipinski definition) is 4. The Kier molecular flexibility index (Phi) is 3.29. The van der Waals surface area contributed by atoms with Gasteiger partial charge in [0.1, 0.15) is 4.75 Å². The van der Waals surface area contributed by atoms with E-state index in [0.29, 0.717) is 13.2 Å². The van der Waals surface area contributed by atoms with Crippen LogP contribution >= 0.6 is 0 Å². The second-order valence-corrected chi connectivity index (χ2v) is 7.86. The van der Waals surface area contributed by atoms with Crippen molar-refractivity contribution in [2.24, 2.45) is 0 Å². The van der Waals surface area contributed by atoms with Crippen LogP contribution in [0.2, 0.25) is 0 Å². The van der Waals surface area contributed by atoms with E-state index in [-0.39, 0.29) is 5.25 Å². The van der Waals surface area contributed by atoms with Crippen molar-refractivity contribution < 1.29 is 13.2 Å². The molecule has 2 rings (SSSR count). The summed E-state index contributed by atoms with van der Waals surface area (Å²) in [6.45, 7) is 7.54. The maximum atomic E-state index is 12.4. The van der Waals surface area contributed by atoms with E-state index in [1.165, 1.54) is 0 Å². The van der Waals surface area contributed by atoms with E-state index in [4.69, 9.17) is 4.74 Å². The average Bonchev–Trinajstić information content (AvgIpc) is 2.25. The van der Waals surface area contributed by atoms with Crippen molar-refractivity contribution in [3.05, 3.63) is 0 Å². The van der Waals surface area contributed by atoms with Crippen molar-refractivity contribution in [3.63, 3.8) is 0 Å². The van der Waals surface area contributed by atoms with Crippen LogP contribution in [0.15, 0.2) is 0 Å². The lowest BCUT2D eigenvalue weighted by Crippen LogP contribution is -2.57. The Balaban J connectivity index is 2.03. The van der Waals surface area contributed by atoms with E-state index < -0.39 is 14.6 Å². The third-order valence-electron chi connectivity index (χ3n) is 3.92. The van der Waals surface area contributed by atoms with Crippen LogP contribution in [0.5, 0.6) is 0 Å². The lowest BCUT2D eigenvalue weighted by atomic mass is 10.1. The van der Waals surface area contributed by atoms with Gasteiger partial charge >= 0.3 is 0 Å². The zero-order valence-corrected chi connectivity index (χ0v) is 10.9. The van der Waals surface area contributed by atoms with Crippen LogP contribution in [0, 0.1) is 0 Å². The molecule has 5 heteroatoms. The number of piperidine rings is 1. The molecule has 2 aliphatic rings. The Morgan fingerprint density at radius 1 is 1.31 bits per heavy atom. The van der Waals surface area contributed by atoms with E-state index in [9.17, 15) is 8.42 Å². The van der Waals surface area contributed by atoms with Crippen molar-refractivity contribution in [2.45, 2.75) is 36.7 Å². The van der Waals surface area contributed by atoms with Crippen molar-refractivity contribution in [1.29, 1.82) is 0 Å². The van der Waals surface area contributed by atoms with Gasteiger partial charge in [0.05, 0.1) is 18.5 Å². The van der Waals surface area contributed by atoms with Gasteiger partial charge < -0.3 is 9.64 Å². The minimum Gasteiger partial charge on any atom is -0.378 e. The number of sulfone groups is 1. The molecule has 2 heterocycles. The van der Waals surface area contributed by atoms with Gasteiger partial charge in [-0.15, -0.1) is 0 Å². The molecule has 0 amide bonds. The first-order chi connectivity index (χ1) is 7.49.